The topological polar surface area (TPSA) is 59.2 Å². The van der Waals surface area contributed by atoms with Gasteiger partial charge in [-0.3, -0.25) is 4.79 Å². The summed E-state index contributed by atoms with van der Waals surface area (Å²) < 4.78 is 19.0. The first kappa shape index (κ1) is 14.7. The molecule has 0 saturated carbocycles. The number of carbonyl (C=O) groups is 1. The van der Waals surface area contributed by atoms with Gasteiger partial charge < -0.3 is 9.42 Å². The molecule has 1 fully saturated rings. The number of aromatic nitrogens is 2. The minimum absolute atomic E-state index is 0.0107. The maximum atomic E-state index is 13.7. The van der Waals surface area contributed by atoms with E-state index in [-0.39, 0.29) is 24.2 Å². The number of amides is 1. The number of rotatable bonds is 5. The first-order valence-corrected chi connectivity index (χ1v) is 7.51. The number of nitrogens with zero attached hydrogens (tertiary/aromatic N) is 3. The van der Waals surface area contributed by atoms with Crippen molar-refractivity contribution in [3.8, 4) is 0 Å². The Balaban J connectivity index is 1.69. The SMILES string of the molecule is CCCc1noc(C2CC(=O)N(Cc3ccccc3F)C2)n1. The van der Waals surface area contributed by atoms with Gasteiger partial charge >= 0.3 is 0 Å². The van der Waals surface area contributed by atoms with E-state index in [1.807, 2.05) is 6.92 Å². The van der Waals surface area contributed by atoms with Gasteiger partial charge in [0.25, 0.3) is 0 Å². The summed E-state index contributed by atoms with van der Waals surface area (Å²) in [6.07, 6.45) is 2.05. The second kappa shape index (κ2) is 6.25. The Bertz CT molecular complexity index is 671. The highest BCUT2D eigenvalue weighted by Gasteiger charge is 2.34. The molecule has 0 bridgehead atoms. The quantitative estimate of drug-likeness (QED) is 0.852. The lowest BCUT2D eigenvalue weighted by Gasteiger charge is -2.16. The summed E-state index contributed by atoms with van der Waals surface area (Å²) in [7, 11) is 0. The second-order valence-corrected chi connectivity index (χ2v) is 5.57. The molecular weight excluding hydrogens is 285 g/mol. The fraction of sp³-hybridized carbons (Fsp3) is 0.438. The van der Waals surface area contributed by atoms with Gasteiger partial charge in [0.1, 0.15) is 5.82 Å². The molecule has 1 unspecified atom stereocenters. The number of hydrogen-bond donors (Lipinski definition) is 0. The molecule has 116 valence electrons. The molecule has 0 aliphatic carbocycles. The average molecular weight is 303 g/mol. The summed E-state index contributed by atoms with van der Waals surface area (Å²) in [5.41, 5.74) is 0.522. The molecule has 1 aromatic heterocycles. The van der Waals surface area contributed by atoms with Crippen molar-refractivity contribution in [3.05, 3.63) is 47.4 Å². The summed E-state index contributed by atoms with van der Waals surface area (Å²) in [6, 6.07) is 6.51. The molecule has 1 aromatic carbocycles. The van der Waals surface area contributed by atoms with E-state index in [0.29, 0.717) is 30.2 Å². The van der Waals surface area contributed by atoms with Crippen molar-refractivity contribution in [1.82, 2.24) is 15.0 Å². The maximum Gasteiger partial charge on any atom is 0.232 e. The van der Waals surface area contributed by atoms with Crippen LogP contribution in [0.3, 0.4) is 0 Å². The Morgan fingerprint density at radius 3 is 3.00 bits per heavy atom. The smallest absolute Gasteiger partial charge is 0.232 e. The van der Waals surface area contributed by atoms with Gasteiger partial charge in [-0.2, -0.15) is 4.98 Å². The Kier molecular flexibility index (Phi) is 4.18. The normalized spacial score (nSPS) is 18.2. The second-order valence-electron chi connectivity index (χ2n) is 5.57. The zero-order chi connectivity index (χ0) is 15.5. The van der Waals surface area contributed by atoms with Crippen LogP contribution in [0.15, 0.2) is 28.8 Å². The van der Waals surface area contributed by atoms with Crippen molar-refractivity contribution in [1.29, 1.82) is 0 Å². The monoisotopic (exact) mass is 303 g/mol. The van der Waals surface area contributed by atoms with E-state index >= 15 is 0 Å². The van der Waals surface area contributed by atoms with Crippen LogP contribution in [0.5, 0.6) is 0 Å². The first-order chi connectivity index (χ1) is 10.7. The van der Waals surface area contributed by atoms with Crippen molar-refractivity contribution in [2.45, 2.75) is 38.6 Å². The van der Waals surface area contributed by atoms with Gasteiger partial charge in [-0.15, -0.1) is 0 Å². The van der Waals surface area contributed by atoms with Crippen LogP contribution < -0.4 is 0 Å². The lowest BCUT2D eigenvalue weighted by Crippen LogP contribution is -2.24. The first-order valence-electron chi connectivity index (χ1n) is 7.51. The third kappa shape index (κ3) is 3.00. The van der Waals surface area contributed by atoms with Gasteiger partial charge in [0.15, 0.2) is 5.82 Å². The summed E-state index contributed by atoms with van der Waals surface area (Å²) in [5.74, 6) is 0.785. The summed E-state index contributed by atoms with van der Waals surface area (Å²) in [5, 5.41) is 3.92. The third-order valence-electron chi connectivity index (χ3n) is 3.84. The molecule has 1 aliphatic heterocycles. The number of benzene rings is 1. The predicted octanol–water partition coefficient (Wildman–Crippen LogP) is 2.68. The van der Waals surface area contributed by atoms with Crippen molar-refractivity contribution in [2.75, 3.05) is 6.54 Å². The highest BCUT2D eigenvalue weighted by atomic mass is 19.1. The number of carbonyl (C=O) groups excluding carboxylic acids is 1. The van der Waals surface area contributed by atoms with E-state index in [0.717, 1.165) is 12.8 Å². The Morgan fingerprint density at radius 2 is 2.23 bits per heavy atom. The van der Waals surface area contributed by atoms with Gasteiger partial charge in [-0.05, 0) is 12.5 Å². The number of aryl methyl sites for hydroxylation is 1. The molecule has 5 nitrogen and oxygen atoms in total. The van der Waals surface area contributed by atoms with Crippen LogP contribution in [0.1, 0.15) is 43.0 Å². The molecule has 1 atom stereocenters. The summed E-state index contributed by atoms with van der Waals surface area (Å²) >= 11 is 0. The lowest BCUT2D eigenvalue weighted by molar-refractivity contribution is -0.128. The van der Waals surface area contributed by atoms with Crippen LogP contribution in [-0.2, 0) is 17.8 Å². The Hall–Kier alpha value is -2.24. The molecule has 22 heavy (non-hydrogen) atoms. The maximum absolute atomic E-state index is 13.7. The molecule has 2 aromatic rings. The van der Waals surface area contributed by atoms with Crippen LogP contribution in [0, 0.1) is 5.82 Å². The zero-order valence-electron chi connectivity index (χ0n) is 12.5. The van der Waals surface area contributed by atoms with E-state index in [1.54, 1.807) is 23.1 Å². The molecule has 1 saturated heterocycles. The van der Waals surface area contributed by atoms with Crippen molar-refractivity contribution in [2.24, 2.45) is 0 Å². The molecule has 0 spiro atoms. The summed E-state index contributed by atoms with van der Waals surface area (Å²) in [6.45, 7) is 2.81. The summed E-state index contributed by atoms with van der Waals surface area (Å²) in [4.78, 5) is 18.1. The molecule has 0 radical (unpaired) electrons. The average Bonchev–Trinajstić information content (AvgIpc) is 3.09. The minimum Gasteiger partial charge on any atom is -0.339 e. The Morgan fingerprint density at radius 1 is 1.41 bits per heavy atom. The molecular formula is C16H18FN3O2. The van der Waals surface area contributed by atoms with Gasteiger partial charge in [-0.1, -0.05) is 30.3 Å². The fourth-order valence-electron chi connectivity index (χ4n) is 2.68. The van der Waals surface area contributed by atoms with Crippen LogP contribution in [0.4, 0.5) is 4.39 Å². The van der Waals surface area contributed by atoms with Crippen LogP contribution in [0.25, 0.3) is 0 Å². The van der Waals surface area contributed by atoms with E-state index < -0.39 is 0 Å². The predicted molar refractivity (Wildman–Crippen MR) is 77.5 cm³/mol. The molecule has 6 heteroatoms. The van der Waals surface area contributed by atoms with Gasteiger partial charge in [0, 0.05) is 31.5 Å². The van der Waals surface area contributed by atoms with Gasteiger partial charge in [0.05, 0.1) is 5.92 Å². The number of hydrogen-bond acceptors (Lipinski definition) is 4. The largest absolute Gasteiger partial charge is 0.339 e. The minimum atomic E-state index is -0.290. The standard InChI is InChI=1S/C16H18FN3O2/c1-2-5-14-18-16(22-19-14)12-8-15(21)20(10-12)9-11-6-3-4-7-13(11)17/h3-4,6-7,12H,2,5,8-10H2,1H3. The van der Waals surface area contributed by atoms with Crippen molar-refractivity contribution >= 4 is 5.91 Å². The zero-order valence-corrected chi connectivity index (χ0v) is 12.5. The van der Waals surface area contributed by atoms with Crippen LogP contribution in [-0.4, -0.2) is 27.5 Å². The van der Waals surface area contributed by atoms with Crippen LogP contribution in [0.2, 0.25) is 0 Å². The van der Waals surface area contributed by atoms with E-state index in [9.17, 15) is 9.18 Å². The molecule has 1 aliphatic rings. The molecule has 3 rings (SSSR count). The molecule has 0 N–H and O–H groups in total. The van der Waals surface area contributed by atoms with Gasteiger partial charge in [0.2, 0.25) is 11.8 Å². The Labute approximate surface area is 128 Å². The van der Waals surface area contributed by atoms with Crippen molar-refractivity contribution < 1.29 is 13.7 Å². The van der Waals surface area contributed by atoms with Gasteiger partial charge in [-0.25, -0.2) is 4.39 Å². The third-order valence-corrected chi connectivity index (χ3v) is 3.84. The van der Waals surface area contributed by atoms with E-state index in [1.165, 1.54) is 6.07 Å². The highest BCUT2D eigenvalue weighted by Crippen LogP contribution is 2.28. The fourth-order valence-corrected chi connectivity index (χ4v) is 2.68. The number of halogens is 1. The molecule has 1 amide bonds. The number of likely N-dealkylation sites (tertiary alicyclic amines) is 1. The van der Waals surface area contributed by atoms with E-state index in [4.69, 9.17) is 4.52 Å². The van der Waals surface area contributed by atoms with Crippen molar-refractivity contribution in [3.63, 3.8) is 0 Å². The van der Waals surface area contributed by atoms with E-state index in [2.05, 4.69) is 10.1 Å². The molecule has 2 heterocycles. The highest BCUT2D eigenvalue weighted by molar-refractivity contribution is 5.79. The van der Waals surface area contributed by atoms with Crippen LogP contribution >= 0.6 is 0 Å². The lowest BCUT2D eigenvalue weighted by atomic mass is 10.1.